The van der Waals surface area contributed by atoms with Crippen molar-refractivity contribution in [2.75, 3.05) is 13.1 Å². The van der Waals surface area contributed by atoms with Gasteiger partial charge in [-0.3, -0.25) is 4.79 Å². The molecule has 0 aliphatic carbocycles. The van der Waals surface area contributed by atoms with E-state index in [0.29, 0.717) is 24.8 Å². The molecule has 0 radical (unpaired) electrons. The summed E-state index contributed by atoms with van der Waals surface area (Å²) < 4.78 is 32.3. The maximum absolute atomic E-state index is 12.1. The second kappa shape index (κ2) is 9.03. The summed E-state index contributed by atoms with van der Waals surface area (Å²) in [7, 11) is -3.52. The second-order valence-electron chi connectivity index (χ2n) is 6.62. The molecule has 2 N–H and O–H groups in total. The fraction of sp³-hybridized carbons (Fsp3) is 0.588. The zero-order valence-corrected chi connectivity index (χ0v) is 15.8. The first-order chi connectivity index (χ1) is 11.1. The minimum Gasteiger partial charge on any atom is -0.481 e. The van der Waals surface area contributed by atoms with E-state index in [4.69, 9.17) is 4.74 Å². The summed E-state index contributed by atoms with van der Waals surface area (Å²) in [5, 5.41) is 2.80. The summed E-state index contributed by atoms with van der Waals surface area (Å²) in [5.41, 5.74) is 0. The molecule has 6 nitrogen and oxygen atoms in total. The molecule has 1 aromatic carbocycles. The maximum Gasteiger partial charge on any atom is 0.260 e. The fourth-order valence-electron chi connectivity index (χ4n) is 1.76. The van der Waals surface area contributed by atoms with Gasteiger partial charge in [0.1, 0.15) is 5.75 Å². The summed E-state index contributed by atoms with van der Waals surface area (Å²) in [6.45, 7) is 10.5. The van der Waals surface area contributed by atoms with Crippen LogP contribution in [0.3, 0.4) is 0 Å². The lowest BCUT2D eigenvalue weighted by atomic mass is 10.2. The van der Waals surface area contributed by atoms with Crippen LogP contribution in [0.4, 0.5) is 0 Å². The molecule has 0 bridgehead atoms. The van der Waals surface area contributed by atoms with Crippen LogP contribution < -0.4 is 14.8 Å². The molecule has 136 valence electrons. The third-order valence-corrected chi connectivity index (χ3v) is 4.62. The lowest BCUT2D eigenvalue weighted by Gasteiger charge is -2.16. The summed E-state index contributed by atoms with van der Waals surface area (Å²) in [5.74, 6) is 0.848. The summed E-state index contributed by atoms with van der Waals surface area (Å²) in [6, 6.07) is 6.04. The van der Waals surface area contributed by atoms with Crippen molar-refractivity contribution in [2.24, 2.45) is 11.8 Å². The third kappa shape index (κ3) is 6.88. The van der Waals surface area contributed by atoms with Gasteiger partial charge < -0.3 is 10.1 Å². The van der Waals surface area contributed by atoms with Crippen LogP contribution >= 0.6 is 0 Å². The second-order valence-corrected chi connectivity index (χ2v) is 8.38. The molecule has 0 unspecified atom stereocenters. The number of carbonyl (C=O) groups excluding carboxylic acids is 1. The van der Waals surface area contributed by atoms with Crippen LogP contribution in [0.15, 0.2) is 29.2 Å². The zero-order valence-electron chi connectivity index (χ0n) is 15.0. The van der Waals surface area contributed by atoms with Crippen LogP contribution in [0.5, 0.6) is 5.75 Å². The van der Waals surface area contributed by atoms with Gasteiger partial charge in [-0.15, -0.1) is 0 Å². The Morgan fingerprint density at radius 3 is 2.04 bits per heavy atom. The van der Waals surface area contributed by atoms with E-state index >= 15 is 0 Å². The van der Waals surface area contributed by atoms with Crippen molar-refractivity contribution in [3.8, 4) is 5.75 Å². The molecular weight excluding hydrogens is 328 g/mol. The van der Waals surface area contributed by atoms with Crippen LogP contribution in [-0.2, 0) is 14.8 Å². The van der Waals surface area contributed by atoms with Gasteiger partial charge >= 0.3 is 0 Å². The lowest BCUT2D eigenvalue weighted by molar-refractivity contribution is -0.127. The topological polar surface area (TPSA) is 84.5 Å². The predicted octanol–water partition coefficient (Wildman–Crippen LogP) is 2.16. The number of nitrogens with one attached hydrogen (secondary N) is 2. The van der Waals surface area contributed by atoms with Gasteiger partial charge in [0.05, 0.1) is 4.90 Å². The van der Waals surface area contributed by atoms with Gasteiger partial charge in [-0.2, -0.15) is 0 Å². The van der Waals surface area contributed by atoms with E-state index in [2.05, 4.69) is 10.0 Å². The largest absolute Gasteiger partial charge is 0.481 e. The number of hydrogen-bond acceptors (Lipinski definition) is 4. The molecule has 1 aromatic rings. The zero-order chi connectivity index (χ0) is 18.3. The molecular formula is C17H28N2O4S. The van der Waals surface area contributed by atoms with Crippen LogP contribution in [0, 0.1) is 11.8 Å². The summed E-state index contributed by atoms with van der Waals surface area (Å²) >= 11 is 0. The standard InChI is InChI=1S/C17H28N2O4S/c1-12(2)10-18-17(20)14(5)23-15-6-8-16(9-7-15)24(21,22)19-11-13(3)4/h6-9,12-14,19H,10-11H2,1-5H3,(H,18,20)/t14-/m1/s1. The Labute approximate surface area is 145 Å². The molecule has 1 atom stereocenters. The summed E-state index contributed by atoms with van der Waals surface area (Å²) in [4.78, 5) is 12.1. The SMILES string of the molecule is CC(C)CNC(=O)[C@@H](C)Oc1ccc(S(=O)(=O)NCC(C)C)cc1. The van der Waals surface area contributed by atoms with Crippen LogP contribution in [0.1, 0.15) is 34.6 Å². The molecule has 0 spiro atoms. The molecule has 24 heavy (non-hydrogen) atoms. The van der Waals surface area contributed by atoms with Crippen molar-refractivity contribution in [1.82, 2.24) is 10.0 Å². The fourth-order valence-corrected chi connectivity index (χ4v) is 2.98. The van der Waals surface area contributed by atoms with Gasteiger partial charge in [-0.05, 0) is 43.0 Å². The van der Waals surface area contributed by atoms with Crippen LogP contribution in [0.25, 0.3) is 0 Å². The minimum absolute atomic E-state index is 0.174. The number of sulfonamides is 1. The van der Waals surface area contributed by atoms with Crippen LogP contribution in [0.2, 0.25) is 0 Å². The highest BCUT2D eigenvalue weighted by atomic mass is 32.2. The Morgan fingerprint density at radius 1 is 1.00 bits per heavy atom. The molecule has 0 aromatic heterocycles. The quantitative estimate of drug-likeness (QED) is 0.710. The number of benzene rings is 1. The van der Waals surface area contributed by atoms with E-state index in [1.165, 1.54) is 12.1 Å². The van der Waals surface area contributed by atoms with E-state index in [9.17, 15) is 13.2 Å². The highest BCUT2D eigenvalue weighted by molar-refractivity contribution is 7.89. The molecule has 7 heteroatoms. The molecule has 0 saturated heterocycles. The van der Waals surface area contributed by atoms with Gasteiger partial charge in [0.2, 0.25) is 10.0 Å². The number of ether oxygens (including phenoxy) is 1. The molecule has 1 rings (SSSR count). The highest BCUT2D eigenvalue weighted by Gasteiger charge is 2.17. The normalized spacial score (nSPS) is 13.1. The van der Waals surface area contributed by atoms with Gasteiger partial charge in [-0.1, -0.05) is 27.7 Å². The number of hydrogen-bond donors (Lipinski definition) is 2. The Kier molecular flexibility index (Phi) is 7.69. The van der Waals surface area contributed by atoms with E-state index in [1.807, 2.05) is 27.7 Å². The number of amides is 1. The van der Waals surface area contributed by atoms with Crippen molar-refractivity contribution < 1.29 is 17.9 Å². The van der Waals surface area contributed by atoms with Gasteiger partial charge in [0.25, 0.3) is 5.91 Å². The number of carbonyl (C=O) groups is 1. The van der Waals surface area contributed by atoms with Crippen molar-refractivity contribution in [1.29, 1.82) is 0 Å². The maximum atomic E-state index is 12.1. The summed E-state index contributed by atoms with van der Waals surface area (Å²) in [6.07, 6.45) is -0.648. The minimum atomic E-state index is -3.52. The smallest absolute Gasteiger partial charge is 0.260 e. The Bertz CT molecular complexity index is 624. The number of rotatable bonds is 9. The first-order valence-corrected chi connectivity index (χ1v) is 9.64. The van der Waals surface area contributed by atoms with Gasteiger partial charge in [0.15, 0.2) is 6.10 Å². The predicted molar refractivity (Wildman–Crippen MR) is 94.4 cm³/mol. The lowest BCUT2D eigenvalue weighted by Crippen LogP contribution is -2.38. The van der Waals surface area contributed by atoms with Crippen molar-refractivity contribution in [3.63, 3.8) is 0 Å². The molecule has 1 amide bonds. The van der Waals surface area contributed by atoms with E-state index < -0.39 is 16.1 Å². The van der Waals surface area contributed by atoms with Crippen molar-refractivity contribution in [2.45, 2.75) is 45.6 Å². The average Bonchev–Trinajstić information content (AvgIpc) is 2.51. The monoisotopic (exact) mass is 356 g/mol. The van der Waals surface area contributed by atoms with Gasteiger partial charge in [0, 0.05) is 13.1 Å². The third-order valence-electron chi connectivity index (χ3n) is 3.18. The van der Waals surface area contributed by atoms with Gasteiger partial charge in [-0.25, -0.2) is 13.1 Å². The molecule has 0 fully saturated rings. The Balaban J connectivity index is 2.66. The molecule has 0 aliphatic heterocycles. The first kappa shape index (κ1) is 20.4. The Hall–Kier alpha value is -1.60. The van der Waals surface area contributed by atoms with Crippen molar-refractivity contribution in [3.05, 3.63) is 24.3 Å². The Morgan fingerprint density at radius 2 is 1.54 bits per heavy atom. The first-order valence-electron chi connectivity index (χ1n) is 8.16. The molecule has 0 aliphatic rings. The highest BCUT2D eigenvalue weighted by Crippen LogP contribution is 2.17. The van der Waals surface area contributed by atoms with Crippen molar-refractivity contribution >= 4 is 15.9 Å². The molecule has 0 heterocycles. The van der Waals surface area contributed by atoms with E-state index in [1.54, 1.807) is 19.1 Å². The van der Waals surface area contributed by atoms with Crippen LogP contribution in [-0.4, -0.2) is 33.5 Å². The van der Waals surface area contributed by atoms with E-state index in [0.717, 1.165) is 0 Å². The molecule has 0 saturated carbocycles. The average molecular weight is 356 g/mol. The van der Waals surface area contributed by atoms with E-state index in [-0.39, 0.29) is 16.7 Å².